The highest BCUT2D eigenvalue weighted by Crippen LogP contribution is 2.12. The first-order valence-corrected chi connectivity index (χ1v) is 6.65. The van der Waals surface area contributed by atoms with Crippen LogP contribution in [-0.2, 0) is 16.1 Å². The molecule has 104 valence electrons. The van der Waals surface area contributed by atoms with Crippen molar-refractivity contribution in [2.24, 2.45) is 0 Å². The number of benzene rings is 2. The van der Waals surface area contributed by atoms with Crippen molar-refractivity contribution in [3.8, 4) is 6.07 Å². The molecule has 0 N–H and O–H groups in total. The third-order valence-corrected chi connectivity index (χ3v) is 3.00. The van der Waals surface area contributed by atoms with Crippen molar-refractivity contribution in [1.29, 1.82) is 5.26 Å². The SMILES string of the molecule is N#Cc1ccccc1COC(=O)C=Cc1cccc(Cl)c1. The molecule has 0 unspecified atom stereocenters. The van der Waals surface area contributed by atoms with E-state index in [-0.39, 0.29) is 6.61 Å². The number of carbonyl (C=O) groups excluding carboxylic acids is 1. The molecule has 0 atom stereocenters. The van der Waals surface area contributed by atoms with Gasteiger partial charge in [-0.3, -0.25) is 0 Å². The molecule has 2 aromatic carbocycles. The first kappa shape index (κ1) is 14.8. The normalized spacial score (nSPS) is 10.3. The van der Waals surface area contributed by atoms with Gasteiger partial charge >= 0.3 is 5.97 Å². The fourth-order valence-electron chi connectivity index (χ4n) is 1.73. The monoisotopic (exact) mass is 297 g/mol. The maximum atomic E-state index is 11.6. The van der Waals surface area contributed by atoms with Gasteiger partial charge in [0.05, 0.1) is 11.6 Å². The second-order valence-electron chi connectivity index (χ2n) is 4.27. The van der Waals surface area contributed by atoms with Gasteiger partial charge in [-0.1, -0.05) is 41.9 Å². The number of carbonyl (C=O) groups is 1. The summed E-state index contributed by atoms with van der Waals surface area (Å²) in [6.45, 7) is 0.0719. The summed E-state index contributed by atoms with van der Waals surface area (Å²) in [6, 6.07) is 16.2. The van der Waals surface area contributed by atoms with Gasteiger partial charge in [0.2, 0.25) is 0 Å². The lowest BCUT2D eigenvalue weighted by atomic mass is 10.1. The number of nitrogens with zero attached hydrogens (tertiary/aromatic N) is 1. The number of hydrogen-bond acceptors (Lipinski definition) is 3. The predicted octanol–water partition coefficient (Wildman–Crippen LogP) is 3.97. The number of hydrogen-bond donors (Lipinski definition) is 0. The summed E-state index contributed by atoms with van der Waals surface area (Å²) in [5.74, 6) is -0.470. The van der Waals surface area contributed by atoms with Gasteiger partial charge < -0.3 is 4.74 Å². The van der Waals surface area contributed by atoms with Gasteiger partial charge in [0, 0.05) is 16.7 Å². The van der Waals surface area contributed by atoms with Gasteiger partial charge in [-0.05, 0) is 29.8 Å². The van der Waals surface area contributed by atoms with Crippen molar-refractivity contribution in [3.05, 3.63) is 76.3 Å². The second-order valence-corrected chi connectivity index (χ2v) is 4.70. The Morgan fingerprint density at radius 3 is 2.81 bits per heavy atom. The Bertz CT molecular complexity index is 717. The average Bonchev–Trinajstić information content (AvgIpc) is 2.51. The van der Waals surface area contributed by atoms with Crippen molar-refractivity contribution in [2.75, 3.05) is 0 Å². The van der Waals surface area contributed by atoms with E-state index in [1.807, 2.05) is 6.07 Å². The quantitative estimate of drug-likeness (QED) is 0.634. The summed E-state index contributed by atoms with van der Waals surface area (Å²) in [4.78, 5) is 11.6. The molecule has 0 aliphatic carbocycles. The van der Waals surface area contributed by atoms with Crippen molar-refractivity contribution in [3.63, 3.8) is 0 Å². The first-order valence-electron chi connectivity index (χ1n) is 6.27. The van der Waals surface area contributed by atoms with E-state index in [9.17, 15) is 4.79 Å². The zero-order valence-corrected chi connectivity index (χ0v) is 11.9. The molecule has 0 heterocycles. The van der Waals surface area contributed by atoms with E-state index in [2.05, 4.69) is 6.07 Å². The van der Waals surface area contributed by atoms with Crippen LogP contribution in [0.1, 0.15) is 16.7 Å². The molecule has 0 bridgehead atoms. The lowest BCUT2D eigenvalue weighted by Crippen LogP contribution is -2.02. The third-order valence-electron chi connectivity index (χ3n) is 2.77. The van der Waals surface area contributed by atoms with E-state index in [0.717, 1.165) is 5.56 Å². The molecule has 0 fully saturated rings. The van der Waals surface area contributed by atoms with Crippen LogP contribution in [-0.4, -0.2) is 5.97 Å². The molecular weight excluding hydrogens is 286 g/mol. The fourth-order valence-corrected chi connectivity index (χ4v) is 1.93. The lowest BCUT2D eigenvalue weighted by molar-refractivity contribution is -0.138. The smallest absolute Gasteiger partial charge is 0.331 e. The summed E-state index contributed by atoms with van der Waals surface area (Å²) in [5.41, 5.74) is 2.01. The number of rotatable bonds is 4. The van der Waals surface area contributed by atoms with E-state index in [0.29, 0.717) is 16.1 Å². The molecule has 4 heteroatoms. The number of ether oxygens (including phenoxy) is 1. The molecular formula is C17H12ClNO2. The standard InChI is InChI=1S/C17H12ClNO2/c18-16-7-3-4-13(10-16)8-9-17(20)21-12-15-6-2-1-5-14(15)11-19/h1-10H,12H2. The van der Waals surface area contributed by atoms with E-state index < -0.39 is 5.97 Å². The van der Waals surface area contributed by atoms with Crippen LogP contribution >= 0.6 is 11.6 Å². The molecule has 0 radical (unpaired) electrons. The van der Waals surface area contributed by atoms with Crippen LogP contribution in [0.4, 0.5) is 0 Å². The van der Waals surface area contributed by atoms with E-state index in [1.165, 1.54) is 6.08 Å². The molecule has 0 saturated heterocycles. The highest BCUT2D eigenvalue weighted by Gasteiger charge is 2.03. The van der Waals surface area contributed by atoms with Crippen molar-refractivity contribution >= 4 is 23.6 Å². The van der Waals surface area contributed by atoms with Gasteiger partial charge in [0.15, 0.2) is 0 Å². The van der Waals surface area contributed by atoms with Gasteiger partial charge in [0.25, 0.3) is 0 Å². The molecule has 3 nitrogen and oxygen atoms in total. The summed E-state index contributed by atoms with van der Waals surface area (Å²) in [7, 11) is 0. The van der Waals surface area contributed by atoms with Gasteiger partial charge in [-0.25, -0.2) is 4.79 Å². The van der Waals surface area contributed by atoms with Crippen LogP contribution in [0, 0.1) is 11.3 Å². The highest BCUT2D eigenvalue weighted by molar-refractivity contribution is 6.30. The Kier molecular flexibility index (Phi) is 5.14. The minimum atomic E-state index is -0.470. The molecule has 0 aliphatic heterocycles. The Hall–Kier alpha value is -2.57. The lowest BCUT2D eigenvalue weighted by Gasteiger charge is -2.03. The first-order chi connectivity index (χ1) is 10.2. The van der Waals surface area contributed by atoms with E-state index in [4.69, 9.17) is 21.6 Å². The van der Waals surface area contributed by atoms with E-state index in [1.54, 1.807) is 48.5 Å². The Morgan fingerprint density at radius 2 is 2.05 bits per heavy atom. The van der Waals surface area contributed by atoms with Crippen molar-refractivity contribution in [1.82, 2.24) is 0 Å². The topological polar surface area (TPSA) is 50.1 Å². The molecule has 0 aromatic heterocycles. The number of nitriles is 1. The van der Waals surface area contributed by atoms with Crippen LogP contribution in [0.3, 0.4) is 0 Å². The number of esters is 1. The maximum absolute atomic E-state index is 11.6. The average molecular weight is 298 g/mol. The minimum Gasteiger partial charge on any atom is -0.458 e. The predicted molar refractivity (Wildman–Crippen MR) is 81.4 cm³/mol. The molecule has 2 aromatic rings. The van der Waals surface area contributed by atoms with Crippen LogP contribution in [0.5, 0.6) is 0 Å². The highest BCUT2D eigenvalue weighted by atomic mass is 35.5. The Balaban J connectivity index is 1.95. The molecule has 2 rings (SSSR count). The molecule has 0 aliphatic rings. The third kappa shape index (κ3) is 4.48. The van der Waals surface area contributed by atoms with E-state index >= 15 is 0 Å². The van der Waals surface area contributed by atoms with Gasteiger partial charge in [-0.15, -0.1) is 0 Å². The van der Waals surface area contributed by atoms with Crippen LogP contribution in [0.2, 0.25) is 5.02 Å². The molecule has 0 amide bonds. The summed E-state index contributed by atoms with van der Waals surface area (Å²) >= 11 is 5.85. The Labute approximate surface area is 128 Å². The van der Waals surface area contributed by atoms with Crippen LogP contribution in [0.15, 0.2) is 54.6 Å². The second kappa shape index (κ2) is 7.28. The summed E-state index contributed by atoms with van der Waals surface area (Å²) in [6.07, 6.45) is 2.96. The largest absolute Gasteiger partial charge is 0.458 e. The summed E-state index contributed by atoms with van der Waals surface area (Å²) < 4.78 is 5.11. The minimum absolute atomic E-state index is 0.0719. The number of halogens is 1. The van der Waals surface area contributed by atoms with Gasteiger partial charge in [-0.2, -0.15) is 5.26 Å². The fraction of sp³-hybridized carbons (Fsp3) is 0.0588. The zero-order valence-electron chi connectivity index (χ0n) is 11.1. The van der Waals surface area contributed by atoms with Crippen molar-refractivity contribution in [2.45, 2.75) is 6.61 Å². The molecule has 0 saturated carbocycles. The zero-order chi connectivity index (χ0) is 15.1. The molecule has 0 spiro atoms. The maximum Gasteiger partial charge on any atom is 0.331 e. The van der Waals surface area contributed by atoms with Crippen LogP contribution in [0.25, 0.3) is 6.08 Å². The summed E-state index contributed by atoms with van der Waals surface area (Å²) in [5, 5.41) is 9.55. The van der Waals surface area contributed by atoms with Crippen molar-refractivity contribution < 1.29 is 9.53 Å². The van der Waals surface area contributed by atoms with Gasteiger partial charge in [0.1, 0.15) is 6.61 Å². The molecule has 21 heavy (non-hydrogen) atoms. The van der Waals surface area contributed by atoms with Crippen LogP contribution < -0.4 is 0 Å². The Morgan fingerprint density at radius 1 is 1.24 bits per heavy atom.